The second-order valence-electron chi connectivity index (χ2n) is 8.77. The number of nitrogens with zero attached hydrogens (tertiary/aromatic N) is 2. The molecule has 0 radical (unpaired) electrons. The molecule has 0 bridgehead atoms. The van der Waals surface area contributed by atoms with Crippen LogP contribution >= 0.6 is 0 Å². The number of ether oxygens (including phenoxy) is 2. The molecule has 1 heterocycles. The zero-order valence-corrected chi connectivity index (χ0v) is 20.8. The summed E-state index contributed by atoms with van der Waals surface area (Å²) in [6, 6.07) is 18.8. The number of hydrogen-bond donors (Lipinski definition) is 1. The Morgan fingerprint density at radius 1 is 0.895 bits per heavy atom. The number of methoxy groups -OCH3 is 1. The molecule has 0 spiro atoms. The highest BCUT2D eigenvalue weighted by Gasteiger charge is 2.30. The molecule has 4 rings (SSSR count). The number of alkyl halides is 3. The number of anilines is 1. The third kappa shape index (κ3) is 6.96. The van der Waals surface area contributed by atoms with Gasteiger partial charge in [-0.25, -0.2) is 0 Å². The third-order valence-electron chi connectivity index (χ3n) is 6.16. The molecule has 38 heavy (non-hydrogen) atoms. The number of piperazine rings is 1. The van der Waals surface area contributed by atoms with Crippen molar-refractivity contribution in [3.63, 3.8) is 0 Å². The summed E-state index contributed by atoms with van der Waals surface area (Å²) in [6.45, 7) is 2.24. The summed E-state index contributed by atoms with van der Waals surface area (Å²) < 4.78 is 49.8. The number of hydrogen-bond acceptors (Lipinski definition) is 5. The molecule has 1 aliphatic rings. The van der Waals surface area contributed by atoms with Crippen molar-refractivity contribution in [2.24, 2.45) is 0 Å². The first-order valence-corrected chi connectivity index (χ1v) is 12.1. The Hall–Kier alpha value is -4.21. The fourth-order valence-electron chi connectivity index (χ4n) is 4.21. The molecule has 2 amide bonds. The normalized spacial score (nSPS) is 13.7. The maximum Gasteiger partial charge on any atom is 0.416 e. The van der Waals surface area contributed by atoms with Gasteiger partial charge in [0.1, 0.15) is 17.2 Å². The van der Waals surface area contributed by atoms with Crippen LogP contribution < -0.4 is 19.7 Å². The summed E-state index contributed by atoms with van der Waals surface area (Å²) >= 11 is 0. The molecule has 0 aliphatic carbocycles. The molecular weight excluding hydrogens is 499 g/mol. The van der Waals surface area contributed by atoms with Gasteiger partial charge in [-0.1, -0.05) is 30.3 Å². The van der Waals surface area contributed by atoms with E-state index in [0.29, 0.717) is 37.5 Å². The van der Waals surface area contributed by atoms with Crippen molar-refractivity contribution in [1.29, 1.82) is 0 Å². The number of para-hydroxylation sites is 2. The average Bonchev–Trinajstić information content (AvgIpc) is 2.91. The average molecular weight is 528 g/mol. The predicted octanol–water partition coefficient (Wildman–Crippen LogP) is 4.51. The number of nitrogens with one attached hydrogen (secondary N) is 1. The van der Waals surface area contributed by atoms with Gasteiger partial charge in [-0.2, -0.15) is 13.2 Å². The van der Waals surface area contributed by atoms with Gasteiger partial charge in [0, 0.05) is 26.2 Å². The summed E-state index contributed by atoms with van der Waals surface area (Å²) in [6.07, 6.45) is -4.48. The Morgan fingerprint density at radius 2 is 1.58 bits per heavy atom. The molecule has 7 nitrogen and oxygen atoms in total. The van der Waals surface area contributed by atoms with E-state index in [4.69, 9.17) is 9.47 Å². The standard InChI is InChI=1S/C28H28F3N3O4/c1-37-25-11-3-2-10-24(25)33-12-14-34(15-13-33)27(36)19-32-26(35)17-20-6-4-8-22(16-20)38-23-9-5-7-21(18-23)28(29,30)31/h2-11,16,18H,12-15,17,19H2,1H3,(H,32,35). The zero-order chi connectivity index (χ0) is 27.1. The molecule has 1 fully saturated rings. The lowest BCUT2D eigenvalue weighted by molar-refractivity contribution is -0.137. The molecule has 0 atom stereocenters. The van der Waals surface area contributed by atoms with Gasteiger partial charge in [0.15, 0.2) is 0 Å². The van der Waals surface area contributed by atoms with Crippen LogP contribution in [-0.2, 0) is 22.2 Å². The maximum atomic E-state index is 12.9. The lowest BCUT2D eigenvalue weighted by atomic mass is 10.1. The Kier molecular flexibility index (Phi) is 8.40. The van der Waals surface area contributed by atoms with Gasteiger partial charge in [-0.3, -0.25) is 9.59 Å². The van der Waals surface area contributed by atoms with Crippen molar-refractivity contribution in [3.05, 3.63) is 83.9 Å². The molecule has 1 aliphatic heterocycles. The van der Waals surface area contributed by atoms with E-state index in [1.165, 1.54) is 12.1 Å². The lowest BCUT2D eigenvalue weighted by Crippen LogP contribution is -2.51. The van der Waals surface area contributed by atoms with Crippen LogP contribution in [0.15, 0.2) is 72.8 Å². The van der Waals surface area contributed by atoms with E-state index in [1.807, 2.05) is 24.3 Å². The van der Waals surface area contributed by atoms with Crippen molar-refractivity contribution in [2.75, 3.05) is 44.7 Å². The lowest BCUT2D eigenvalue weighted by Gasteiger charge is -2.36. The highest BCUT2D eigenvalue weighted by molar-refractivity contribution is 5.86. The van der Waals surface area contributed by atoms with Crippen LogP contribution in [-0.4, -0.2) is 56.5 Å². The Bertz CT molecular complexity index is 1270. The number of amides is 2. The zero-order valence-electron chi connectivity index (χ0n) is 20.8. The fourth-order valence-corrected chi connectivity index (χ4v) is 4.21. The molecule has 3 aromatic carbocycles. The largest absolute Gasteiger partial charge is 0.495 e. The minimum absolute atomic E-state index is 0.00531. The van der Waals surface area contributed by atoms with E-state index in [2.05, 4.69) is 10.2 Å². The van der Waals surface area contributed by atoms with Crippen LogP contribution in [0.25, 0.3) is 0 Å². The molecule has 200 valence electrons. The van der Waals surface area contributed by atoms with E-state index < -0.39 is 11.7 Å². The van der Waals surface area contributed by atoms with Crippen LogP contribution in [0.3, 0.4) is 0 Å². The van der Waals surface area contributed by atoms with Gasteiger partial charge >= 0.3 is 6.18 Å². The van der Waals surface area contributed by atoms with E-state index in [9.17, 15) is 22.8 Å². The Morgan fingerprint density at radius 3 is 2.29 bits per heavy atom. The first-order chi connectivity index (χ1) is 18.2. The second kappa shape index (κ2) is 11.9. The van der Waals surface area contributed by atoms with Crippen molar-refractivity contribution in [2.45, 2.75) is 12.6 Å². The van der Waals surface area contributed by atoms with Crippen molar-refractivity contribution in [1.82, 2.24) is 10.2 Å². The van der Waals surface area contributed by atoms with Crippen LogP contribution in [0.5, 0.6) is 17.2 Å². The van der Waals surface area contributed by atoms with Crippen LogP contribution in [0.1, 0.15) is 11.1 Å². The summed E-state index contributed by atoms with van der Waals surface area (Å²) in [5, 5.41) is 2.65. The van der Waals surface area contributed by atoms with Crippen molar-refractivity contribution in [3.8, 4) is 17.2 Å². The molecule has 0 unspecified atom stereocenters. The van der Waals surface area contributed by atoms with Gasteiger partial charge in [0.2, 0.25) is 11.8 Å². The molecule has 0 aromatic heterocycles. The number of halogens is 3. The summed E-state index contributed by atoms with van der Waals surface area (Å²) in [5.74, 6) is 0.613. The van der Waals surface area contributed by atoms with Gasteiger partial charge in [-0.05, 0) is 48.0 Å². The number of carbonyl (C=O) groups excluding carboxylic acids is 2. The molecule has 10 heteroatoms. The first-order valence-electron chi connectivity index (χ1n) is 12.1. The third-order valence-corrected chi connectivity index (χ3v) is 6.16. The van der Waals surface area contributed by atoms with E-state index in [1.54, 1.807) is 36.3 Å². The summed E-state index contributed by atoms with van der Waals surface area (Å²) in [5.41, 5.74) is 0.774. The molecular formula is C28H28F3N3O4. The van der Waals surface area contributed by atoms with E-state index >= 15 is 0 Å². The first kappa shape index (κ1) is 26.8. The second-order valence-corrected chi connectivity index (χ2v) is 8.77. The summed E-state index contributed by atoms with van der Waals surface area (Å²) in [4.78, 5) is 29.0. The molecule has 0 saturated carbocycles. The fraction of sp³-hybridized carbons (Fsp3) is 0.286. The highest BCUT2D eigenvalue weighted by atomic mass is 19.4. The van der Waals surface area contributed by atoms with Gasteiger partial charge in [0.05, 0.1) is 31.3 Å². The van der Waals surface area contributed by atoms with Crippen LogP contribution in [0, 0.1) is 0 Å². The van der Waals surface area contributed by atoms with Gasteiger partial charge < -0.3 is 24.6 Å². The predicted molar refractivity (Wildman–Crippen MR) is 136 cm³/mol. The van der Waals surface area contributed by atoms with Crippen molar-refractivity contribution < 1.29 is 32.2 Å². The monoisotopic (exact) mass is 527 g/mol. The van der Waals surface area contributed by atoms with E-state index in [-0.39, 0.29) is 30.5 Å². The maximum absolute atomic E-state index is 12.9. The quantitative estimate of drug-likeness (QED) is 0.467. The Balaban J connectivity index is 1.25. The topological polar surface area (TPSA) is 71.1 Å². The Labute approximate surface area is 218 Å². The highest BCUT2D eigenvalue weighted by Crippen LogP contribution is 2.33. The number of benzene rings is 3. The minimum atomic E-state index is -4.47. The molecule has 3 aromatic rings. The number of carbonyl (C=O) groups is 2. The van der Waals surface area contributed by atoms with Crippen molar-refractivity contribution >= 4 is 17.5 Å². The summed E-state index contributed by atoms with van der Waals surface area (Å²) in [7, 11) is 1.63. The SMILES string of the molecule is COc1ccccc1N1CCN(C(=O)CNC(=O)Cc2cccc(Oc3cccc(C(F)(F)F)c3)c2)CC1. The smallest absolute Gasteiger partial charge is 0.416 e. The van der Waals surface area contributed by atoms with E-state index in [0.717, 1.165) is 23.6 Å². The van der Waals surface area contributed by atoms with Crippen LogP contribution in [0.4, 0.5) is 18.9 Å². The molecule has 1 saturated heterocycles. The minimum Gasteiger partial charge on any atom is -0.495 e. The number of rotatable bonds is 8. The van der Waals surface area contributed by atoms with Crippen LogP contribution in [0.2, 0.25) is 0 Å². The molecule has 1 N–H and O–H groups in total. The van der Waals surface area contributed by atoms with Gasteiger partial charge in [-0.15, -0.1) is 0 Å². The van der Waals surface area contributed by atoms with Gasteiger partial charge in [0.25, 0.3) is 0 Å².